The topological polar surface area (TPSA) is 117 Å². The predicted molar refractivity (Wildman–Crippen MR) is 141 cm³/mol. The van der Waals surface area contributed by atoms with Crippen LogP contribution in [0.5, 0.6) is 5.75 Å². The third kappa shape index (κ3) is 8.08. The molecule has 2 aromatic carbocycles. The number of hydrazone groups is 1. The standard InChI is InChI=1S/C26H34N4O5S/c1-19-8-7-11-24(20(19)2)30(36(3,33)34)17-25(31)29-27-16-21-12-14-23(15-13-21)35-18-26(32)28-22-9-5-4-6-10-22/h7-8,11-16,22H,4-6,9-10,17-18H2,1-3H3,(H,28,32)(H,29,31)/b27-16-. The first-order valence-corrected chi connectivity index (χ1v) is 13.9. The van der Waals surface area contributed by atoms with Gasteiger partial charge in [0.15, 0.2) is 6.61 Å². The summed E-state index contributed by atoms with van der Waals surface area (Å²) in [7, 11) is -3.68. The number of rotatable bonds is 10. The van der Waals surface area contributed by atoms with E-state index in [4.69, 9.17) is 4.74 Å². The van der Waals surface area contributed by atoms with Crippen molar-refractivity contribution in [1.82, 2.24) is 10.7 Å². The number of aryl methyl sites for hydroxylation is 1. The molecule has 0 spiro atoms. The van der Waals surface area contributed by atoms with Crippen LogP contribution in [0.4, 0.5) is 5.69 Å². The van der Waals surface area contributed by atoms with Gasteiger partial charge >= 0.3 is 0 Å². The molecular weight excluding hydrogens is 480 g/mol. The molecule has 1 aliphatic rings. The minimum Gasteiger partial charge on any atom is -0.484 e. The molecule has 2 amide bonds. The second kappa shape index (κ2) is 12.5. The molecule has 0 unspecified atom stereocenters. The summed E-state index contributed by atoms with van der Waals surface area (Å²) >= 11 is 0. The quantitative estimate of drug-likeness (QED) is 0.373. The molecule has 2 N–H and O–H groups in total. The van der Waals surface area contributed by atoms with E-state index in [1.165, 1.54) is 12.6 Å². The maximum atomic E-state index is 12.4. The van der Waals surface area contributed by atoms with Crippen LogP contribution in [0.3, 0.4) is 0 Å². The zero-order valence-corrected chi connectivity index (χ0v) is 21.8. The van der Waals surface area contributed by atoms with Crippen LogP contribution < -0.4 is 19.8 Å². The van der Waals surface area contributed by atoms with Crippen LogP contribution in [0.15, 0.2) is 47.6 Å². The zero-order chi connectivity index (χ0) is 26.1. The number of carbonyl (C=O) groups is 2. The van der Waals surface area contributed by atoms with Crippen LogP contribution in [0, 0.1) is 13.8 Å². The first-order valence-electron chi connectivity index (χ1n) is 12.0. The van der Waals surface area contributed by atoms with Crippen LogP contribution >= 0.6 is 0 Å². The normalized spacial score (nSPS) is 14.4. The first kappa shape index (κ1) is 27.2. The maximum absolute atomic E-state index is 12.4. The average molecular weight is 515 g/mol. The molecule has 9 nitrogen and oxygen atoms in total. The van der Waals surface area contributed by atoms with Crippen LogP contribution in [0.2, 0.25) is 0 Å². The molecule has 36 heavy (non-hydrogen) atoms. The van der Waals surface area contributed by atoms with Crippen molar-refractivity contribution in [2.24, 2.45) is 5.10 Å². The average Bonchev–Trinajstić information content (AvgIpc) is 2.84. The van der Waals surface area contributed by atoms with Crippen molar-refractivity contribution in [2.75, 3.05) is 23.7 Å². The summed E-state index contributed by atoms with van der Waals surface area (Å²) in [6, 6.07) is 12.4. The molecule has 0 aromatic heterocycles. The summed E-state index contributed by atoms with van der Waals surface area (Å²) in [5.74, 6) is -0.145. The fourth-order valence-electron chi connectivity index (χ4n) is 4.05. The van der Waals surface area contributed by atoms with Crippen LogP contribution in [-0.4, -0.2) is 51.9 Å². The third-order valence-corrected chi connectivity index (χ3v) is 7.28. The van der Waals surface area contributed by atoms with E-state index in [1.807, 2.05) is 19.9 Å². The van der Waals surface area contributed by atoms with Crippen molar-refractivity contribution in [3.63, 3.8) is 0 Å². The van der Waals surface area contributed by atoms with Gasteiger partial charge in [0.2, 0.25) is 10.0 Å². The Hall–Kier alpha value is -3.40. The highest BCUT2D eigenvalue weighted by Gasteiger charge is 2.22. The number of nitrogens with one attached hydrogen (secondary N) is 2. The minimum absolute atomic E-state index is 0.0444. The fraction of sp³-hybridized carbons (Fsp3) is 0.423. The Bertz CT molecular complexity index is 1190. The minimum atomic E-state index is -3.68. The van der Waals surface area contributed by atoms with Gasteiger partial charge in [0.25, 0.3) is 11.8 Å². The molecule has 0 radical (unpaired) electrons. The molecule has 0 bridgehead atoms. The molecule has 1 fully saturated rings. The Kier molecular flexibility index (Phi) is 9.46. The van der Waals surface area contributed by atoms with Crippen molar-refractivity contribution in [3.05, 3.63) is 59.2 Å². The van der Waals surface area contributed by atoms with E-state index in [1.54, 1.807) is 36.4 Å². The summed E-state index contributed by atoms with van der Waals surface area (Å²) in [5, 5.41) is 6.94. The molecule has 0 saturated heterocycles. The molecule has 194 valence electrons. The van der Waals surface area contributed by atoms with Gasteiger partial charge in [-0.15, -0.1) is 0 Å². The fourth-order valence-corrected chi connectivity index (χ4v) is 4.95. The lowest BCUT2D eigenvalue weighted by molar-refractivity contribution is -0.124. The van der Waals surface area contributed by atoms with Gasteiger partial charge in [-0.25, -0.2) is 13.8 Å². The van der Waals surface area contributed by atoms with Gasteiger partial charge in [0, 0.05) is 6.04 Å². The summed E-state index contributed by atoms with van der Waals surface area (Å²) in [5.41, 5.74) is 5.24. The molecule has 3 rings (SSSR count). The van der Waals surface area contributed by atoms with Gasteiger partial charge < -0.3 is 10.1 Å². The lowest BCUT2D eigenvalue weighted by Crippen LogP contribution is -2.39. The Morgan fingerprint density at radius 1 is 1.06 bits per heavy atom. The van der Waals surface area contributed by atoms with Crippen LogP contribution in [-0.2, 0) is 19.6 Å². The van der Waals surface area contributed by atoms with Gasteiger partial charge in [0.1, 0.15) is 12.3 Å². The number of nitrogens with zero attached hydrogens (tertiary/aromatic N) is 2. The van der Waals surface area contributed by atoms with E-state index in [0.29, 0.717) is 17.0 Å². The zero-order valence-electron chi connectivity index (χ0n) is 21.0. The van der Waals surface area contributed by atoms with Crippen molar-refractivity contribution in [2.45, 2.75) is 52.0 Å². The number of sulfonamides is 1. The molecular formula is C26H34N4O5S. The maximum Gasteiger partial charge on any atom is 0.260 e. The Balaban J connectivity index is 1.49. The lowest BCUT2D eigenvalue weighted by Gasteiger charge is -2.23. The predicted octanol–water partition coefficient (Wildman–Crippen LogP) is 3.05. The largest absolute Gasteiger partial charge is 0.484 e. The van der Waals surface area contributed by atoms with Gasteiger partial charge in [-0.05, 0) is 73.7 Å². The van der Waals surface area contributed by atoms with E-state index in [0.717, 1.165) is 47.4 Å². The van der Waals surface area contributed by atoms with Gasteiger partial charge in [-0.2, -0.15) is 5.10 Å². The number of ether oxygens (including phenoxy) is 1. The van der Waals surface area contributed by atoms with Crippen molar-refractivity contribution in [3.8, 4) is 5.75 Å². The summed E-state index contributed by atoms with van der Waals surface area (Å²) < 4.78 is 31.3. The molecule has 0 atom stereocenters. The highest BCUT2D eigenvalue weighted by Crippen LogP contribution is 2.24. The van der Waals surface area contributed by atoms with Crippen LogP contribution in [0.1, 0.15) is 48.8 Å². The molecule has 0 aliphatic heterocycles. The smallest absolute Gasteiger partial charge is 0.260 e. The van der Waals surface area contributed by atoms with Crippen molar-refractivity contribution in [1.29, 1.82) is 0 Å². The SMILES string of the molecule is Cc1cccc(N(CC(=O)N/N=C\c2ccc(OCC(=O)NC3CCCCC3)cc2)S(C)(=O)=O)c1C. The summed E-state index contributed by atoms with van der Waals surface area (Å²) in [6.07, 6.45) is 8.08. The molecule has 10 heteroatoms. The Morgan fingerprint density at radius 2 is 1.75 bits per heavy atom. The first-order chi connectivity index (χ1) is 17.1. The van der Waals surface area contributed by atoms with E-state index < -0.39 is 22.5 Å². The summed E-state index contributed by atoms with van der Waals surface area (Å²) in [6.45, 7) is 3.26. The van der Waals surface area contributed by atoms with Crippen molar-refractivity contribution >= 4 is 33.7 Å². The number of carbonyl (C=O) groups excluding carboxylic acids is 2. The highest BCUT2D eigenvalue weighted by atomic mass is 32.2. The second-order valence-electron chi connectivity index (χ2n) is 9.04. The van der Waals surface area contributed by atoms with E-state index in [2.05, 4.69) is 15.8 Å². The monoisotopic (exact) mass is 514 g/mol. The van der Waals surface area contributed by atoms with Gasteiger partial charge in [-0.1, -0.05) is 31.4 Å². The number of anilines is 1. The van der Waals surface area contributed by atoms with E-state index >= 15 is 0 Å². The van der Waals surface area contributed by atoms with E-state index in [9.17, 15) is 18.0 Å². The molecule has 0 heterocycles. The van der Waals surface area contributed by atoms with E-state index in [-0.39, 0.29) is 18.6 Å². The molecule has 1 aliphatic carbocycles. The molecule has 2 aromatic rings. The lowest BCUT2D eigenvalue weighted by atomic mass is 9.95. The molecule has 1 saturated carbocycles. The van der Waals surface area contributed by atoms with Gasteiger partial charge in [0.05, 0.1) is 18.2 Å². The van der Waals surface area contributed by atoms with Gasteiger partial charge in [-0.3, -0.25) is 13.9 Å². The number of benzene rings is 2. The van der Waals surface area contributed by atoms with Crippen molar-refractivity contribution < 1.29 is 22.7 Å². The Labute approximate surface area is 213 Å². The number of hydrogen-bond acceptors (Lipinski definition) is 6. The third-order valence-electron chi connectivity index (χ3n) is 6.16. The number of amides is 2. The number of hydrogen-bond donors (Lipinski definition) is 2. The second-order valence-corrected chi connectivity index (χ2v) is 10.9. The highest BCUT2D eigenvalue weighted by molar-refractivity contribution is 7.92. The Morgan fingerprint density at radius 3 is 2.42 bits per heavy atom. The van der Waals surface area contributed by atoms with Crippen LogP contribution in [0.25, 0.3) is 0 Å². The summed E-state index contributed by atoms with van der Waals surface area (Å²) in [4.78, 5) is 24.5.